The molecule has 0 aromatic carbocycles. The Kier molecular flexibility index (Phi) is 1.93. The second kappa shape index (κ2) is 2.40. The van der Waals surface area contributed by atoms with Crippen LogP contribution in [0.25, 0.3) is 0 Å². The van der Waals surface area contributed by atoms with E-state index in [1.54, 1.807) is 0 Å². The van der Waals surface area contributed by atoms with Gasteiger partial charge in [0.25, 0.3) is 0 Å². The van der Waals surface area contributed by atoms with Crippen LogP contribution in [0.1, 0.15) is 19.3 Å². The van der Waals surface area contributed by atoms with Crippen LogP contribution < -0.4 is 0 Å². The molecule has 0 aliphatic heterocycles. The van der Waals surface area contributed by atoms with E-state index >= 15 is 0 Å². The van der Waals surface area contributed by atoms with Gasteiger partial charge in [-0.1, -0.05) is 0 Å². The average molecular weight is 324 g/mol. The van der Waals surface area contributed by atoms with E-state index < -0.39 is 18.4 Å². The number of alkyl halides is 1. The molecule has 2 heteroatoms. The summed E-state index contributed by atoms with van der Waals surface area (Å²) in [6.07, 6.45) is 4.54. The molecule has 2 fully saturated rings. The van der Waals surface area contributed by atoms with Gasteiger partial charge in [0.05, 0.1) is 0 Å². The van der Waals surface area contributed by atoms with Crippen molar-refractivity contribution in [2.24, 2.45) is 11.8 Å². The van der Waals surface area contributed by atoms with Gasteiger partial charge in [-0.3, -0.25) is 0 Å². The van der Waals surface area contributed by atoms with Gasteiger partial charge < -0.3 is 0 Å². The van der Waals surface area contributed by atoms with Crippen molar-refractivity contribution in [1.82, 2.24) is 0 Å². The molecule has 0 bridgehead atoms. The summed E-state index contributed by atoms with van der Waals surface area (Å²) in [5.41, 5.74) is 0. The fourth-order valence-corrected chi connectivity index (χ4v) is 12.0. The van der Waals surface area contributed by atoms with E-state index in [0.29, 0.717) is 0 Å². The van der Waals surface area contributed by atoms with Crippen LogP contribution in [0.2, 0.25) is 14.8 Å². The molecule has 0 amide bonds. The predicted molar refractivity (Wildman–Crippen MR) is 55.8 cm³/mol. The predicted octanol–water partition coefficient (Wildman–Crippen LogP) is 3.43. The second-order valence-corrected chi connectivity index (χ2v) is 23.8. The molecule has 2 unspecified atom stereocenters. The monoisotopic (exact) mass is 324 g/mol. The Morgan fingerprint density at radius 2 is 1.64 bits per heavy atom. The molecule has 0 radical (unpaired) electrons. The van der Waals surface area contributed by atoms with E-state index in [4.69, 9.17) is 0 Å². The van der Waals surface area contributed by atoms with Crippen LogP contribution in [-0.2, 0) is 0 Å². The molecule has 2 rings (SSSR count). The van der Waals surface area contributed by atoms with Crippen molar-refractivity contribution in [3.8, 4) is 0 Å². The van der Waals surface area contributed by atoms with Crippen LogP contribution in [0.4, 0.5) is 0 Å². The SMILES string of the molecule is [CH3][Sn]([CH3])([CH3])[C]1(Br)C2CCCC21. The van der Waals surface area contributed by atoms with Crippen LogP contribution in [0, 0.1) is 11.8 Å². The Balaban J connectivity index is 2.17. The van der Waals surface area contributed by atoms with Crippen molar-refractivity contribution in [3.05, 3.63) is 0 Å². The summed E-state index contributed by atoms with van der Waals surface area (Å²) in [4.78, 5) is 7.71. The molecular weight excluding hydrogens is 307 g/mol. The van der Waals surface area contributed by atoms with Crippen LogP contribution in [0.3, 0.4) is 0 Å². The van der Waals surface area contributed by atoms with Crippen molar-refractivity contribution < 1.29 is 0 Å². The fourth-order valence-electron chi connectivity index (χ4n) is 2.99. The van der Waals surface area contributed by atoms with E-state index in [1.165, 1.54) is 19.3 Å². The Hall–Kier alpha value is 1.28. The fraction of sp³-hybridized carbons (Fsp3) is 1.00. The average Bonchev–Trinajstić information content (AvgIpc) is 2.33. The van der Waals surface area contributed by atoms with Gasteiger partial charge in [0, 0.05) is 0 Å². The van der Waals surface area contributed by atoms with Gasteiger partial charge in [0.15, 0.2) is 0 Å². The summed E-state index contributed by atoms with van der Waals surface area (Å²) in [5, 5.41) is 0. The van der Waals surface area contributed by atoms with Gasteiger partial charge in [-0.15, -0.1) is 0 Å². The van der Waals surface area contributed by atoms with E-state index in [2.05, 4.69) is 30.7 Å². The standard InChI is InChI=1S/C6H8Br.3CH3.Sn/c7-6-4-2-1-3-5(4)6;;;;/h4-5H,1-3H2;3*1H3;. The molecule has 0 N–H and O–H groups in total. The van der Waals surface area contributed by atoms with E-state index in [-0.39, 0.29) is 0 Å². The summed E-state index contributed by atoms with van der Waals surface area (Å²) in [6.45, 7) is 0. The van der Waals surface area contributed by atoms with Gasteiger partial charge in [-0.25, -0.2) is 0 Å². The van der Waals surface area contributed by atoms with Crippen LogP contribution >= 0.6 is 15.9 Å². The molecule has 0 aromatic rings. The molecular formula is C9H17BrSn. The van der Waals surface area contributed by atoms with E-state index in [1.807, 2.05) is 0 Å². The van der Waals surface area contributed by atoms with Gasteiger partial charge >= 0.3 is 82.6 Å². The summed E-state index contributed by atoms with van der Waals surface area (Å²) in [7, 11) is 0. The van der Waals surface area contributed by atoms with E-state index in [0.717, 1.165) is 14.2 Å². The normalized spacial score (nSPS) is 49.1. The zero-order valence-electron chi connectivity index (χ0n) is 7.65. The van der Waals surface area contributed by atoms with E-state index in [9.17, 15) is 0 Å². The first-order chi connectivity index (χ1) is 4.98. The summed E-state index contributed by atoms with van der Waals surface area (Å²) in [6, 6.07) is 0. The van der Waals surface area contributed by atoms with Crippen molar-refractivity contribution in [2.45, 2.75) is 36.4 Å². The van der Waals surface area contributed by atoms with Crippen molar-refractivity contribution in [3.63, 3.8) is 0 Å². The molecule has 2 aliphatic rings. The quantitative estimate of drug-likeness (QED) is 0.512. The number of hydrogen-bond acceptors (Lipinski definition) is 0. The number of fused-ring (bicyclic) bond motifs is 1. The third-order valence-corrected chi connectivity index (χ3v) is 21.5. The molecule has 2 atom stereocenters. The van der Waals surface area contributed by atoms with Crippen molar-refractivity contribution in [1.29, 1.82) is 0 Å². The third-order valence-electron chi connectivity index (χ3n) is 3.64. The zero-order chi connectivity index (χ0) is 8.28. The maximum absolute atomic E-state index is 4.05. The first-order valence-electron chi connectivity index (χ1n) is 4.67. The number of hydrogen-bond donors (Lipinski definition) is 0. The van der Waals surface area contributed by atoms with Gasteiger partial charge in [0.2, 0.25) is 0 Å². The Morgan fingerprint density at radius 3 is 1.91 bits per heavy atom. The first kappa shape index (κ1) is 8.86. The molecule has 0 nitrogen and oxygen atoms in total. The second-order valence-electron chi connectivity index (χ2n) is 5.16. The van der Waals surface area contributed by atoms with Crippen molar-refractivity contribution >= 4 is 34.3 Å². The summed E-state index contributed by atoms with van der Waals surface area (Å²) >= 11 is 2.41. The summed E-state index contributed by atoms with van der Waals surface area (Å²) < 4.78 is 0.722. The van der Waals surface area contributed by atoms with Crippen LogP contribution in [-0.4, -0.2) is 20.7 Å². The molecule has 0 aromatic heterocycles. The topological polar surface area (TPSA) is 0 Å². The molecule has 11 heavy (non-hydrogen) atoms. The molecule has 2 saturated carbocycles. The molecule has 64 valence electrons. The number of rotatable bonds is 1. The minimum absolute atomic E-state index is 0.722. The minimum atomic E-state index is -1.64. The molecule has 2 aliphatic carbocycles. The van der Waals surface area contributed by atoms with Gasteiger partial charge in [-0.05, 0) is 0 Å². The van der Waals surface area contributed by atoms with Crippen LogP contribution in [0.15, 0.2) is 0 Å². The zero-order valence-corrected chi connectivity index (χ0v) is 12.1. The Labute approximate surface area is 82.1 Å². The van der Waals surface area contributed by atoms with Crippen LogP contribution in [0.5, 0.6) is 0 Å². The van der Waals surface area contributed by atoms with Gasteiger partial charge in [0.1, 0.15) is 0 Å². The molecule has 0 heterocycles. The van der Waals surface area contributed by atoms with Gasteiger partial charge in [-0.2, -0.15) is 0 Å². The Bertz CT molecular complexity index is 172. The molecule has 0 saturated heterocycles. The third kappa shape index (κ3) is 1.06. The maximum atomic E-state index is 4.05. The van der Waals surface area contributed by atoms with Crippen molar-refractivity contribution in [2.75, 3.05) is 0 Å². The summed E-state index contributed by atoms with van der Waals surface area (Å²) in [5.74, 6) is 2.19. The Morgan fingerprint density at radius 1 is 1.18 bits per heavy atom. The molecule has 0 spiro atoms. The first-order valence-corrected chi connectivity index (χ1v) is 15.4. The number of halogens is 1.